The van der Waals surface area contributed by atoms with Gasteiger partial charge < -0.3 is 4.74 Å². The van der Waals surface area contributed by atoms with Crippen LogP contribution in [-0.2, 0) is 16.1 Å². The van der Waals surface area contributed by atoms with Crippen LogP contribution in [0.1, 0.15) is 12.5 Å². The van der Waals surface area contributed by atoms with Crippen LogP contribution in [0.15, 0.2) is 41.5 Å². The Morgan fingerprint density at radius 2 is 2.07 bits per heavy atom. The van der Waals surface area contributed by atoms with Crippen molar-refractivity contribution in [2.45, 2.75) is 18.8 Å². The van der Waals surface area contributed by atoms with Gasteiger partial charge >= 0.3 is 0 Å². The Bertz CT molecular complexity index is 384. The lowest BCUT2D eigenvalue weighted by atomic mass is 10.2. The Morgan fingerprint density at radius 1 is 1.33 bits per heavy atom. The zero-order valence-electron chi connectivity index (χ0n) is 8.47. The van der Waals surface area contributed by atoms with E-state index in [2.05, 4.69) is 0 Å². The fourth-order valence-electron chi connectivity index (χ4n) is 1.30. The lowest BCUT2D eigenvalue weighted by Crippen LogP contribution is -2.02. The molecule has 0 saturated heterocycles. The summed E-state index contributed by atoms with van der Waals surface area (Å²) in [5, 5.41) is 0.743. The van der Waals surface area contributed by atoms with Gasteiger partial charge in [-0.25, -0.2) is 0 Å². The van der Waals surface area contributed by atoms with E-state index in [1.807, 2.05) is 37.3 Å². The molecule has 0 N–H and O–H groups in total. The minimum absolute atomic E-state index is 0.00998. The summed E-state index contributed by atoms with van der Waals surface area (Å²) < 4.78 is 5.53. The third-order valence-corrected chi connectivity index (χ3v) is 3.23. The van der Waals surface area contributed by atoms with Crippen molar-refractivity contribution in [1.82, 2.24) is 0 Å². The second-order valence-electron chi connectivity index (χ2n) is 3.40. The molecule has 1 aromatic carbocycles. The van der Waals surface area contributed by atoms with E-state index < -0.39 is 0 Å². The molecule has 0 bridgehead atoms. The molecule has 3 heteroatoms. The van der Waals surface area contributed by atoms with Crippen LogP contribution in [0.3, 0.4) is 0 Å². The topological polar surface area (TPSA) is 26.3 Å². The second kappa shape index (κ2) is 4.53. The second-order valence-corrected chi connectivity index (χ2v) is 4.75. The summed E-state index contributed by atoms with van der Waals surface area (Å²) in [6.07, 6.45) is 1.58. The van der Waals surface area contributed by atoms with Gasteiger partial charge in [0.25, 0.3) is 0 Å². The molecule has 0 aromatic heterocycles. The first-order valence-corrected chi connectivity index (χ1v) is 5.72. The third kappa shape index (κ3) is 2.63. The fourth-order valence-corrected chi connectivity index (χ4v) is 2.15. The Morgan fingerprint density at radius 3 is 2.67 bits per heavy atom. The van der Waals surface area contributed by atoms with Crippen molar-refractivity contribution in [3.8, 4) is 0 Å². The van der Waals surface area contributed by atoms with E-state index in [-0.39, 0.29) is 11.0 Å². The van der Waals surface area contributed by atoms with Crippen LogP contribution < -0.4 is 0 Å². The van der Waals surface area contributed by atoms with E-state index >= 15 is 0 Å². The highest BCUT2D eigenvalue weighted by atomic mass is 32.2. The number of ether oxygens (including phenoxy) is 1. The van der Waals surface area contributed by atoms with Crippen molar-refractivity contribution in [3.05, 3.63) is 47.1 Å². The van der Waals surface area contributed by atoms with Crippen molar-refractivity contribution >= 4 is 17.5 Å². The minimum Gasteiger partial charge on any atom is -0.483 e. The van der Waals surface area contributed by atoms with E-state index in [9.17, 15) is 4.79 Å². The highest BCUT2D eigenvalue weighted by molar-refractivity contribution is 8.04. The molecule has 15 heavy (non-hydrogen) atoms. The molecule has 0 fully saturated rings. The highest BCUT2D eigenvalue weighted by Crippen LogP contribution is 2.30. The van der Waals surface area contributed by atoms with Crippen LogP contribution in [0.4, 0.5) is 0 Å². The first-order valence-electron chi connectivity index (χ1n) is 4.84. The summed E-state index contributed by atoms with van der Waals surface area (Å²) in [7, 11) is 0. The summed E-state index contributed by atoms with van der Waals surface area (Å²) in [4.78, 5) is 11.2. The Labute approximate surface area is 93.3 Å². The third-order valence-electron chi connectivity index (χ3n) is 2.18. The minimum atomic E-state index is 0.00998. The van der Waals surface area contributed by atoms with Gasteiger partial charge in [0.05, 0.1) is 5.25 Å². The summed E-state index contributed by atoms with van der Waals surface area (Å²) in [6.45, 7) is 2.42. The number of hydrogen-bond acceptors (Lipinski definition) is 3. The molecular formula is C12H12O2S. The molecule has 78 valence electrons. The van der Waals surface area contributed by atoms with Gasteiger partial charge in [-0.3, -0.25) is 4.79 Å². The average Bonchev–Trinajstić information content (AvgIpc) is 2.57. The molecule has 2 nitrogen and oxygen atoms in total. The number of hydrogen-bond donors (Lipinski definition) is 0. The summed E-state index contributed by atoms with van der Waals surface area (Å²) >= 11 is 1.48. The van der Waals surface area contributed by atoms with Crippen molar-refractivity contribution in [2.75, 3.05) is 0 Å². The van der Waals surface area contributed by atoms with Gasteiger partial charge in [0, 0.05) is 6.08 Å². The van der Waals surface area contributed by atoms with Gasteiger partial charge in [0.15, 0.2) is 10.9 Å². The first-order chi connectivity index (χ1) is 7.25. The number of ketones is 1. The molecule has 0 saturated carbocycles. The van der Waals surface area contributed by atoms with Crippen LogP contribution in [-0.4, -0.2) is 11.0 Å². The van der Waals surface area contributed by atoms with Crippen LogP contribution in [0.2, 0.25) is 0 Å². The predicted molar refractivity (Wildman–Crippen MR) is 61.4 cm³/mol. The molecule has 1 aliphatic heterocycles. The Kier molecular flexibility index (Phi) is 3.11. The molecule has 1 atom stereocenters. The summed E-state index contributed by atoms with van der Waals surface area (Å²) in [5.74, 6) is 0.142. The Hall–Kier alpha value is -1.22. The average molecular weight is 220 g/mol. The molecule has 0 radical (unpaired) electrons. The predicted octanol–water partition coefficient (Wildman–Crippen LogP) is 2.75. The zero-order valence-corrected chi connectivity index (χ0v) is 9.29. The Balaban J connectivity index is 1.90. The van der Waals surface area contributed by atoms with Gasteiger partial charge in [0.2, 0.25) is 0 Å². The van der Waals surface area contributed by atoms with Crippen LogP contribution in [0.25, 0.3) is 0 Å². The number of benzene rings is 1. The highest BCUT2D eigenvalue weighted by Gasteiger charge is 2.22. The van der Waals surface area contributed by atoms with Crippen molar-refractivity contribution in [1.29, 1.82) is 0 Å². The number of thioether (sulfide) groups is 1. The number of carbonyl (C=O) groups is 1. The lowest BCUT2D eigenvalue weighted by molar-refractivity contribution is -0.113. The molecule has 0 aliphatic carbocycles. The van der Waals surface area contributed by atoms with E-state index in [0.717, 1.165) is 10.7 Å². The lowest BCUT2D eigenvalue weighted by Gasteiger charge is -2.06. The number of rotatable bonds is 3. The molecule has 1 unspecified atom stereocenters. The normalized spacial score (nSPS) is 20.2. The molecular weight excluding hydrogens is 208 g/mol. The van der Waals surface area contributed by atoms with Crippen LogP contribution in [0, 0.1) is 0 Å². The smallest absolute Gasteiger partial charge is 0.173 e. The molecule has 1 aliphatic rings. The van der Waals surface area contributed by atoms with E-state index in [1.165, 1.54) is 11.8 Å². The van der Waals surface area contributed by atoms with Crippen molar-refractivity contribution < 1.29 is 9.53 Å². The molecule has 2 rings (SSSR count). The van der Waals surface area contributed by atoms with E-state index in [0.29, 0.717) is 6.61 Å². The van der Waals surface area contributed by atoms with Gasteiger partial charge in [-0.1, -0.05) is 42.1 Å². The quantitative estimate of drug-likeness (QED) is 0.783. The first kappa shape index (κ1) is 10.3. The fraction of sp³-hybridized carbons (Fsp3) is 0.250. The van der Waals surface area contributed by atoms with Gasteiger partial charge in [-0.2, -0.15) is 0 Å². The van der Waals surface area contributed by atoms with Crippen LogP contribution in [0.5, 0.6) is 0 Å². The largest absolute Gasteiger partial charge is 0.483 e. The zero-order chi connectivity index (χ0) is 10.7. The molecule has 1 heterocycles. The maximum atomic E-state index is 11.2. The molecule has 0 spiro atoms. The van der Waals surface area contributed by atoms with Gasteiger partial charge in [0.1, 0.15) is 6.61 Å². The number of carbonyl (C=O) groups excluding carboxylic acids is 1. The monoisotopic (exact) mass is 220 g/mol. The number of allylic oxidation sites excluding steroid dienone is 1. The van der Waals surface area contributed by atoms with Crippen molar-refractivity contribution in [2.24, 2.45) is 0 Å². The van der Waals surface area contributed by atoms with Gasteiger partial charge in [-0.05, 0) is 12.5 Å². The summed E-state index contributed by atoms with van der Waals surface area (Å²) in [5.41, 5.74) is 1.12. The summed E-state index contributed by atoms with van der Waals surface area (Å²) in [6, 6.07) is 9.93. The molecule has 0 amide bonds. The maximum absolute atomic E-state index is 11.2. The van der Waals surface area contributed by atoms with Crippen LogP contribution >= 0.6 is 11.8 Å². The van der Waals surface area contributed by atoms with Gasteiger partial charge in [-0.15, -0.1) is 0 Å². The van der Waals surface area contributed by atoms with E-state index in [1.54, 1.807) is 6.08 Å². The SMILES string of the molecule is CC1SC(OCc2ccccc2)=CC1=O. The maximum Gasteiger partial charge on any atom is 0.173 e. The molecule has 1 aromatic rings. The van der Waals surface area contributed by atoms with Crippen molar-refractivity contribution in [3.63, 3.8) is 0 Å². The van der Waals surface area contributed by atoms with E-state index in [4.69, 9.17) is 4.74 Å². The standard InChI is InChI=1S/C12H12O2S/c1-9-11(13)7-12(15-9)14-8-10-5-3-2-4-6-10/h2-7,9H,8H2,1H3.